The maximum absolute atomic E-state index is 12.1. The van der Waals surface area contributed by atoms with Gasteiger partial charge in [-0.3, -0.25) is 14.8 Å². The Morgan fingerprint density at radius 3 is 2.73 bits per heavy atom. The third-order valence-corrected chi connectivity index (χ3v) is 11.3. The van der Waals surface area contributed by atoms with Gasteiger partial charge in [0.15, 0.2) is 0 Å². The van der Waals surface area contributed by atoms with Gasteiger partial charge in [-0.05, 0) is 112 Å². The summed E-state index contributed by atoms with van der Waals surface area (Å²) in [5.74, 6) is -0.979. The number of hydrogen-bond donors (Lipinski definition) is 6. The first kappa shape index (κ1) is 40.2. The third kappa shape index (κ3) is 11.8. The van der Waals surface area contributed by atoms with E-state index in [1.807, 2.05) is 61.7 Å². The SMILES string of the molecule is Cc1ccc(CN2CCC[C@@H](Nc3ccc4[nH]ncc4c3)C2)cc1OCCC(CCC=CC[C@@H]1[C@@H](C=C[C@@H](O)CCc2ccccc2)[C@H](O)C[C@@H]1O)C(=O)O. The molecule has 1 aromatic heterocycles. The highest BCUT2D eigenvalue weighted by Crippen LogP contribution is 2.36. The zero-order chi connectivity index (χ0) is 38.6. The molecule has 1 unspecified atom stereocenters. The molecule has 3 aromatic carbocycles. The van der Waals surface area contributed by atoms with Crippen LogP contribution < -0.4 is 10.1 Å². The number of aromatic nitrogens is 2. The number of fused-ring (bicyclic) bond motifs is 1. The highest BCUT2D eigenvalue weighted by Gasteiger charge is 2.39. The Bertz CT molecular complexity index is 1860. The first-order chi connectivity index (χ1) is 26.7. The van der Waals surface area contributed by atoms with Gasteiger partial charge in [-0.25, -0.2) is 0 Å². The zero-order valence-corrected chi connectivity index (χ0v) is 32.0. The number of nitrogens with one attached hydrogen (secondary N) is 2. The first-order valence-corrected chi connectivity index (χ1v) is 20.0. The molecule has 55 heavy (non-hydrogen) atoms. The lowest BCUT2D eigenvalue weighted by Crippen LogP contribution is -2.41. The van der Waals surface area contributed by atoms with Crippen molar-refractivity contribution < 1.29 is 30.0 Å². The Labute approximate surface area is 324 Å². The number of carbonyl (C=O) groups is 1. The number of nitrogens with zero attached hydrogens (tertiary/aromatic N) is 2. The van der Waals surface area contributed by atoms with Gasteiger partial charge in [-0.15, -0.1) is 0 Å². The van der Waals surface area contributed by atoms with Crippen molar-refractivity contribution in [3.8, 4) is 5.75 Å². The Balaban J connectivity index is 0.925. The van der Waals surface area contributed by atoms with Crippen LogP contribution in [0.4, 0.5) is 5.69 Å². The summed E-state index contributed by atoms with van der Waals surface area (Å²) in [5.41, 5.74) is 5.51. The smallest absolute Gasteiger partial charge is 0.306 e. The highest BCUT2D eigenvalue weighted by molar-refractivity contribution is 5.81. The number of anilines is 1. The fourth-order valence-corrected chi connectivity index (χ4v) is 8.13. The minimum absolute atomic E-state index is 0.164. The Morgan fingerprint density at radius 2 is 1.89 bits per heavy atom. The topological polar surface area (TPSA) is 151 Å². The Kier molecular flexibility index (Phi) is 14.5. The summed E-state index contributed by atoms with van der Waals surface area (Å²) in [7, 11) is 0. The molecule has 0 bridgehead atoms. The summed E-state index contributed by atoms with van der Waals surface area (Å²) in [6, 6.07) is 23.0. The number of ether oxygens (including phenoxy) is 1. The number of allylic oxidation sites excluding steroid dienone is 2. The molecule has 1 saturated heterocycles. The molecular formula is C45H58N4O6. The van der Waals surface area contributed by atoms with E-state index in [1.165, 1.54) is 11.1 Å². The van der Waals surface area contributed by atoms with Crippen molar-refractivity contribution in [3.63, 3.8) is 0 Å². The van der Waals surface area contributed by atoms with Crippen LogP contribution >= 0.6 is 0 Å². The van der Waals surface area contributed by atoms with Crippen LogP contribution in [0.2, 0.25) is 0 Å². The predicted octanol–water partition coefficient (Wildman–Crippen LogP) is 7.05. The maximum atomic E-state index is 12.1. The predicted molar refractivity (Wildman–Crippen MR) is 217 cm³/mol. The van der Waals surface area contributed by atoms with Crippen LogP contribution in [0.25, 0.3) is 10.9 Å². The minimum Gasteiger partial charge on any atom is -0.493 e. The number of carboxylic acid groups (broad SMARTS) is 1. The van der Waals surface area contributed by atoms with Gasteiger partial charge in [0.2, 0.25) is 0 Å². The normalized spacial score (nSPS) is 23.1. The van der Waals surface area contributed by atoms with E-state index >= 15 is 0 Å². The summed E-state index contributed by atoms with van der Waals surface area (Å²) in [6.07, 6.45) is 13.5. The molecule has 6 N–H and O–H groups in total. The molecule has 2 heterocycles. The van der Waals surface area contributed by atoms with Gasteiger partial charge < -0.3 is 30.5 Å². The molecule has 1 aliphatic carbocycles. The van der Waals surface area contributed by atoms with Gasteiger partial charge in [0, 0.05) is 42.5 Å². The number of benzene rings is 3. The van der Waals surface area contributed by atoms with Crippen LogP contribution in [0.3, 0.4) is 0 Å². The number of piperidine rings is 1. The van der Waals surface area contributed by atoms with Crippen molar-refractivity contribution in [2.75, 3.05) is 25.0 Å². The molecule has 0 radical (unpaired) electrons. The second-order valence-corrected chi connectivity index (χ2v) is 15.5. The monoisotopic (exact) mass is 750 g/mol. The number of aliphatic hydroxyl groups excluding tert-OH is 3. The number of aromatic amines is 1. The number of H-pyrrole nitrogens is 1. The summed E-state index contributed by atoms with van der Waals surface area (Å²) in [4.78, 5) is 14.6. The second kappa shape index (κ2) is 19.9. The van der Waals surface area contributed by atoms with E-state index < -0.39 is 30.2 Å². The van der Waals surface area contributed by atoms with Crippen LogP contribution in [0.15, 0.2) is 97.2 Å². The van der Waals surface area contributed by atoms with Crippen molar-refractivity contribution in [1.82, 2.24) is 15.1 Å². The number of likely N-dealkylation sites (tertiary alicyclic amines) is 1. The number of aliphatic hydroxyl groups is 3. The van der Waals surface area contributed by atoms with Gasteiger partial charge in [0.25, 0.3) is 0 Å². The van der Waals surface area contributed by atoms with Crippen molar-refractivity contribution in [2.45, 2.75) is 95.6 Å². The van der Waals surface area contributed by atoms with Crippen LogP contribution in [0.1, 0.15) is 68.1 Å². The number of carboxylic acids is 1. The average Bonchev–Trinajstić information content (AvgIpc) is 3.75. The fraction of sp³-hybridized carbons (Fsp3) is 0.467. The van der Waals surface area contributed by atoms with Crippen LogP contribution in [0.5, 0.6) is 5.75 Å². The minimum atomic E-state index is -0.828. The number of hydrogen-bond acceptors (Lipinski definition) is 8. The van der Waals surface area contributed by atoms with Crippen molar-refractivity contribution >= 4 is 22.6 Å². The first-order valence-electron chi connectivity index (χ1n) is 20.0. The third-order valence-electron chi connectivity index (χ3n) is 11.3. The molecule has 294 valence electrons. The summed E-state index contributed by atoms with van der Waals surface area (Å²) >= 11 is 0. The molecule has 0 amide bonds. The summed E-state index contributed by atoms with van der Waals surface area (Å²) < 4.78 is 6.19. The molecule has 1 saturated carbocycles. The molecule has 6 rings (SSSR count). The zero-order valence-electron chi connectivity index (χ0n) is 32.0. The Hall–Kier alpha value is -4.48. The molecule has 10 nitrogen and oxygen atoms in total. The van der Waals surface area contributed by atoms with Gasteiger partial charge in [0.05, 0.1) is 42.6 Å². The summed E-state index contributed by atoms with van der Waals surface area (Å²) in [6.45, 7) is 5.15. The van der Waals surface area contributed by atoms with E-state index in [-0.39, 0.29) is 11.8 Å². The lowest BCUT2D eigenvalue weighted by atomic mass is 9.89. The molecule has 7 atom stereocenters. The average molecular weight is 751 g/mol. The lowest BCUT2D eigenvalue weighted by Gasteiger charge is -2.33. The van der Waals surface area contributed by atoms with E-state index in [4.69, 9.17) is 4.74 Å². The molecule has 1 aliphatic heterocycles. The largest absolute Gasteiger partial charge is 0.493 e. The van der Waals surface area contributed by atoms with Crippen LogP contribution in [-0.4, -0.2) is 85.5 Å². The summed E-state index contributed by atoms with van der Waals surface area (Å²) in [5, 5.41) is 53.7. The number of aryl methyl sites for hydroxylation is 2. The molecular weight excluding hydrogens is 693 g/mol. The maximum Gasteiger partial charge on any atom is 0.306 e. The molecule has 0 spiro atoms. The van der Waals surface area contributed by atoms with Crippen LogP contribution in [0, 0.1) is 24.7 Å². The van der Waals surface area contributed by atoms with Crippen molar-refractivity contribution in [3.05, 3.63) is 114 Å². The van der Waals surface area contributed by atoms with Crippen LogP contribution in [-0.2, 0) is 17.8 Å². The van der Waals surface area contributed by atoms with Gasteiger partial charge in [-0.1, -0.05) is 66.8 Å². The van der Waals surface area contributed by atoms with E-state index in [1.54, 1.807) is 6.08 Å². The quantitative estimate of drug-likeness (QED) is 0.0554. The van der Waals surface area contributed by atoms with Gasteiger partial charge in [0.1, 0.15) is 5.75 Å². The molecule has 10 heteroatoms. The van der Waals surface area contributed by atoms with Gasteiger partial charge >= 0.3 is 5.97 Å². The highest BCUT2D eigenvalue weighted by atomic mass is 16.5. The lowest BCUT2D eigenvalue weighted by molar-refractivity contribution is -0.142. The Morgan fingerprint density at radius 1 is 1.04 bits per heavy atom. The van der Waals surface area contributed by atoms with Crippen molar-refractivity contribution in [1.29, 1.82) is 0 Å². The standard InChI is InChI=1S/C45H58N4O6/c1-31-14-15-33(29-49-23-8-12-37(30-49)47-36-17-21-41-35(26-36)28-46-48-41)25-44(31)55-24-22-34(45(53)54)11-6-3-7-13-39-40(43(52)27-42(39)51)20-19-38(50)18-16-32-9-4-2-5-10-32/h2-5,7,9-10,14-15,17,19-21,25-26,28,34,37-40,42-43,47,50-52H,6,8,11-13,16,18,22-24,27,29-30H2,1H3,(H,46,48)(H,53,54)/t34?,37-,38+,39-,40-,42+,43-/m1/s1. The second-order valence-electron chi connectivity index (χ2n) is 15.5. The van der Waals surface area contributed by atoms with E-state index in [2.05, 4.69) is 56.8 Å². The molecule has 2 aliphatic rings. The van der Waals surface area contributed by atoms with E-state index in [9.17, 15) is 25.2 Å². The number of rotatable bonds is 19. The van der Waals surface area contributed by atoms with Crippen molar-refractivity contribution in [2.24, 2.45) is 17.8 Å². The van der Waals surface area contributed by atoms with Gasteiger partial charge in [-0.2, -0.15) is 5.10 Å². The van der Waals surface area contributed by atoms with E-state index in [0.29, 0.717) is 51.2 Å². The molecule has 2 fully saturated rings. The number of aliphatic carboxylic acids is 1. The van der Waals surface area contributed by atoms with E-state index in [0.717, 1.165) is 66.8 Å². The fourth-order valence-electron chi connectivity index (χ4n) is 8.13. The molecule has 4 aromatic rings.